The first-order chi connectivity index (χ1) is 12.0. The van der Waals surface area contributed by atoms with Gasteiger partial charge in [-0.3, -0.25) is 20.0 Å². The molecule has 10 nitrogen and oxygen atoms in total. The van der Waals surface area contributed by atoms with Gasteiger partial charge in [0.1, 0.15) is 11.5 Å². The van der Waals surface area contributed by atoms with Gasteiger partial charge in [-0.1, -0.05) is 20.3 Å². The summed E-state index contributed by atoms with van der Waals surface area (Å²) in [6, 6.07) is -0.319. The van der Waals surface area contributed by atoms with Crippen molar-refractivity contribution in [3.63, 3.8) is 0 Å². The van der Waals surface area contributed by atoms with Gasteiger partial charge in [-0.2, -0.15) is 10.2 Å². The third kappa shape index (κ3) is 3.24. The third-order valence-corrected chi connectivity index (χ3v) is 4.25. The van der Waals surface area contributed by atoms with Crippen molar-refractivity contribution in [3.8, 4) is 0 Å². The van der Waals surface area contributed by atoms with Crippen molar-refractivity contribution in [2.75, 3.05) is 0 Å². The zero-order chi connectivity index (χ0) is 18.0. The second-order valence-corrected chi connectivity index (χ2v) is 6.04. The Balaban J connectivity index is 1.84. The van der Waals surface area contributed by atoms with Gasteiger partial charge in [0.15, 0.2) is 5.82 Å². The normalized spacial score (nSPS) is 16.5. The number of nitro groups is 1. The van der Waals surface area contributed by atoms with E-state index in [9.17, 15) is 14.9 Å². The van der Waals surface area contributed by atoms with E-state index in [1.54, 1.807) is 4.68 Å². The van der Waals surface area contributed by atoms with Crippen LogP contribution in [0.25, 0.3) is 0 Å². The number of carbonyl (C=O) groups is 1. The molecule has 2 aromatic rings. The SMILES string of the molecule is CCCc1[nH]nc(C(=O)N[C@H]2CCCn3nc(CC)nc32)c1[N+](=O)[O-]. The third-order valence-electron chi connectivity index (χ3n) is 4.25. The van der Waals surface area contributed by atoms with Gasteiger partial charge in [0, 0.05) is 13.0 Å². The standard InChI is InChI=1S/C15H21N7O3/c1-3-6-9-13(22(24)25)12(19-18-9)15(23)16-10-7-5-8-21-14(10)17-11(4-2)20-21/h10H,3-8H2,1-2H3,(H,16,23)(H,18,19)/t10-/m0/s1. The fourth-order valence-electron chi connectivity index (χ4n) is 3.06. The van der Waals surface area contributed by atoms with E-state index in [1.807, 2.05) is 13.8 Å². The first kappa shape index (κ1) is 17.1. The Morgan fingerprint density at radius 2 is 2.28 bits per heavy atom. The van der Waals surface area contributed by atoms with E-state index in [4.69, 9.17) is 0 Å². The smallest absolute Gasteiger partial charge is 0.322 e. The van der Waals surface area contributed by atoms with E-state index in [-0.39, 0.29) is 17.4 Å². The van der Waals surface area contributed by atoms with Crippen LogP contribution in [0.4, 0.5) is 5.69 Å². The number of hydrogen-bond acceptors (Lipinski definition) is 6. The molecule has 0 unspecified atom stereocenters. The van der Waals surface area contributed by atoms with Gasteiger partial charge in [0.2, 0.25) is 5.69 Å². The predicted octanol–water partition coefficient (Wildman–Crippen LogP) is 1.69. The number of aryl methyl sites for hydroxylation is 3. The summed E-state index contributed by atoms with van der Waals surface area (Å²) in [4.78, 5) is 27.9. The van der Waals surface area contributed by atoms with Crippen molar-refractivity contribution >= 4 is 11.6 Å². The van der Waals surface area contributed by atoms with Crippen LogP contribution in [0.1, 0.15) is 67.0 Å². The van der Waals surface area contributed by atoms with Crippen LogP contribution >= 0.6 is 0 Å². The molecule has 0 radical (unpaired) electrons. The molecule has 1 atom stereocenters. The molecule has 1 amide bonds. The van der Waals surface area contributed by atoms with Crippen molar-refractivity contribution in [2.45, 2.75) is 58.5 Å². The van der Waals surface area contributed by atoms with E-state index in [1.165, 1.54) is 0 Å². The van der Waals surface area contributed by atoms with Gasteiger partial charge in [0.25, 0.3) is 5.91 Å². The molecule has 0 aliphatic carbocycles. The molecule has 0 saturated heterocycles. The molecular formula is C15H21N7O3. The fraction of sp³-hybridized carbons (Fsp3) is 0.600. The van der Waals surface area contributed by atoms with Gasteiger partial charge in [-0.15, -0.1) is 0 Å². The Labute approximate surface area is 144 Å². The molecular weight excluding hydrogens is 326 g/mol. The minimum absolute atomic E-state index is 0.180. The maximum Gasteiger partial charge on any atom is 0.322 e. The lowest BCUT2D eigenvalue weighted by molar-refractivity contribution is -0.385. The quantitative estimate of drug-likeness (QED) is 0.603. The van der Waals surface area contributed by atoms with Gasteiger partial charge >= 0.3 is 5.69 Å². The lowest BCUT2D eigenvalue weighted by Crippen LogP contribution is -2.33. The molecule has 25 heavy (non-hydrogen) atoms. The van der Waals surface area contributed by atoms with E-state index in [0.29, 0.717) is 30.8 Å². The number of rotatable bonds is 6. The summed E-state index contributed by atoms with van der Waals surface area (Å²) < 4.78 is 1.80. The lowest BCUT2D eigenvalue weighted by atomic mass is 10.1. The Hall–Kier alpha value is -2.78. The summed E-state index contributed by atoms with van der Waals surface area (Å²) in [7, 11) is 0. The highest BCUT2D eigenvalue weighted by atomic mass is 16.6. The molecule has 0 bridgehead atoms. The van der Waals surface area contributed by atoms with Gasteiger partial charge in [-0.25, -0.2) is 9.67 Å². The Morgan fingerprint density at radius 1 is 1.48 bits per heavy atom. The lowest BCUT2D eigenvalue weighted by Gasteiger charge is -2.22. The van der Waals surface area contributed by atoms with Gasteiger partial charge in [0.05, 0.1) is 11.0 Å². The highest BCUT2D eigenvalue weighted by molar-refractivity contribution is 5.96. The van der Waals surface area contributed by atoms with Crippen LogP contribution in [0.15, 0.2) is 0 Å². The minimum atomic E-state index is -0.565. The number of carbonyl (C=O) groups excluding carboxylic acids is 1. The number of aromatic amines is 1. The summed E-state index contributed by atoms with van der Waals surface area (Å²) in [6.45, 7) is 4.64. The number of nitrogens with one attached hydrogen (secondary N) is 2. The molecule has 0 spiro atoms. The van der Waals surface area contributed by atoms with Crippen LogP contribution in [0.2, 0.25) is 0 Å². The molecule has 10 heteroatoms. The van der Waals surface area contributed by atoms with Crippen LogP contribution in [-0.2, 0) is 19.4 Å². The summed E-state index contributed by atoms with van der Waals surface area (Å²) >= 11 is 0. The summed E-state index contributed by atoms with van der Waals surface area (Å²) in [5.41, 5.74) is -0.0515. The molecule has 0 fully saturated rings. The summed E-state index contributed by atoms with van der Waals surface area (Å²) in [5, 5.41) is 25.1. The van der Waals surface area contributed by atoms with Crippen LogP contribution in [0, 0.1) is 10.1 Å². The number of H-pyrrole nitrogens is 1. The Bertz CT molecular complexity index is 795. The van der Waals surface area contributed by atoms with E-state index < -0.39 is 10.8 Å². The van der Waals surface area contributed by atoms with Gasteiger partial charge < -0.3 is 5.32 Å². The highest BCUT2D eigenvalue weighted by Gasteiger charge is 2.32. The first-order valence-electron chi connectivity index (χ1n) is 8.51. The van der Waals surface area contributed by atoms with E-state index >= 15 is 0 Å². The second kappa shape index (κ2) is 6.99. The maximum absolute atomic E-state index is 12.6. The molecule has 134 valence electrons. The predicted molar refractivity (Wildman–Crippen MR) is 88.1 cm³/mol. The number of hydrogen-bond donors (Lipinski definition) is 2. The second-order valence-electron chi connectivity index (χ2n) is 6.04. The van der Waals surface area contributed by atoms with Crippen molar-refractivity contribution in [2.24, 2.45) is 0 Å². The molecule has 2 aromatic heterocycles. The number of nitrogens with zero attached hydrogens (tertiary/aromatic N) is 5. The zero-order valence-electron chi connectivity index (χ0n) is 14.3. The van der Waals surface area contributed by atoms with Crippen molar-refractivity contribution in [1.29, 1.82) is 0 Å². The first-order valence-corrected chi connectivity index (χ1v) is 8.51. The van der Waals surface area contributed by atoms with Crippen LogP contribution in [0.5, 0.6) is 0 Å². The highest BCUT2D eigenvalue weighted by Crippen LogP contribution is 2.26. The summed E-state index contributed by atoms with van der Waals surface area (Å²) in [5.74, 6) is 0.861. The van der Waals surface area contributed by atoms with Crippen LogP contribution in [0.3, 0.4) is 0 Å². The number of amides is 1. The largest absolute Gasteiger partial charge is 0.340 e. The monoisotopic (exact) mass is 347 g/mol. The van der Waals surface area contributed by atoms with Crippen LogP contribution < -0.4 is 5.32 Å². The van der Waals surface area contributed by atoms with Crippen LogP contribution in [-0.4, -0.2) is 35.8 Å². The van der Waals surface area contributed by atoms with Gasteiger partial charge in [-0.05, 0) is 19.3 Å². The Morgan fingerprint density at radius 3 is 2.96 bits per heavy atom. The molecule has 0 aromatic carbocycles. The molecule has 1 aliphatic rings. The number of aromatic nitrogens is 5. The number of fused-ring (bicyclic) bond motifs is 1. The van der Waals surface area contributed by atoms with Crippen molar-refractivity contribution < 1.29 is 9.72 Å². The molecule has 3 heterocycles. The van der Waals surface area contributed by atoms with E-state index in [2.05, 4.69) is 25.6 Å². The fourth-order valence-corrected chi connectivity index (χ4v) is 3.06. The zero-order valence-corrected chi connectivity index (χ0v) is 14.3. The minimum Gasteiger partial charge on any atom is -0.340 e. The summed E-state index contributed by atoms with van der Waals surface area (Å²) in [6.07, 6.45) is 3.47. The average Bonchev–Trinajstić information content (AvgIpc) is 3.19. The Kier molecular flexibility index (Phi) is 4.77. The van der Waals surface area contributed by atoms with Crippen molar-refractivity contribution in [1.82, 2.24) is 30.3 Å². The average molecular weight is 347 g/mol. The topological polar surface area (TPSA) is 132 Å². The molecule has 3 rings (SSSR count). The molecule has 1 aliphatic heterocycles. The van der Waals surface area contributed by atoms with Crippen molar-refractivity contribution in [3.05, 3.63) is 33.2 Å². The molecule has 0 saturated carbocycles. The van der Waals surface area contributed by atoms with E-state index in [0.717, 1.165) is 25.2 Å². The maximum atomic E-state index is 12.6. The molecule has 2 N–H and O–H groups in total.